The van der Waals surface area contributed by atoms with Gasteiger partial charge in [0.25, 0.3) is 0 Å². The Labute approximate surface area is 145 Å². The van der Waals surface area contributed by atoms with Crippen LogP contribution in [0, 0.1) is 0 Å². The summed E-state index contributed by atoms with van der Waals surface area (Å²) in [6.07, 6.45) is 11.6. The van der Waals surface area contributed by atoms with Gasteiger partial charge in [0.2, 0.25) is 0 Å². The zero-order valence-corrected chi connectivity index (χ0v) is 14.0. The van der Waals surface area contributed by atoms with E-state index in [1.807, 2.05) is 6.92 Å². The van der Waals surface area contributed by atoms with Gasteiger partial charge in [0, 0.05) is 14.8 Å². The second-order valence-electron chi connectivity index (χ2n) is 5.93. The van der Waals surface area contributed by atoms with E-state index in [0.29, 0.717) is 19.4 Å². The smallest absolute Gasteiger partial charge is 0.157 e. The number of hydrogen-bond acceptors (Lipinski definition) is 2. The highest BCUT2D eigenvalue weighted by Crippen LogP contribution is 2.14. The van der Waals surface area contributed by atoms with Crippen molar-refractivity contribution in [3.8, 4) is 0 Å². The SMILES string of the molecule is [2H]C([2H])([2H])C(=CCC/C(C)=C/CC/C(C)=C/COC1CCCCO1)C([2H])([2H])[2H]. The van der Waals surface area contributed by atoms with E-state index in [1.165, 1.54) is 11.6 Å². The molecule has 0 amide bonds. The summed E-state index contributed by atoms with van der Waals surface area (Å²) in [5, 5.41) is 0. The largest absolute Gasteiger partial charge is 0.353 e. The van der Waals surface area contributed by atoms with Crippen LogP contribution >= 0.6 is 0 Å². The molecule has 1 heterocycles. The molecule has 1 aliphatic heterocycles. The van der Waals surface area contributed by atoms with Gasteiger partial charge in [0.05, 0.1) is 6.61 Å². The minimum Gasteiger partial charge on any atom is -0.353 e. The topological polar surface area (TPSA) is 18.5 Å². The Morgan fingerprint density at radius 2 is 1.82 bits per heavy atom. The Balaban J connectivity index is 2.35. The van der Waals surface area contributed by atoms with Gasteiger partial charge < -0.3 is 9.47 Å². The number of allylic oxidation sites excluding steroid dienone is 5. The lowest BCUT2D eigenvalue weighted by molar-refractivity contribution is -0.155. The Morgan fingerprint density at radius 3 is 2.50 bits per heavy atom. The minimum absolute atomic E-state index is 0.0670. The maximum Gasteiger partial charge on any atom is 0.157 e. The van der Waals surface area contributed by atoms with E-state index in [2.05, 4.69) is 19.1 Å². The molecule has 2 nitrogen and oxygen atoms in total. The standard InChI is InChI=1S/C20H34O2/c1-17(2)9-7-10-18(3)11-8-12-19(4)14-16-22-20-13-5-6-15-21-20/h9,11,14,20H,5-8,10,12-13,15-16H2,1-4H3/b18-11+,19-14+/i1D3,2D3. The molecular weight excluding hydrogens is 272 g/mol. The maximum atomic E-state index is 7.38. The van der Waals surface area contributed by atoms with E-state index in [4.69, 9.17) is 17.7 Å². The van der Waals surface area contributed by atoms with Crippen molar-refractivity contribution in [2.75, 3.05) is 13.2 Å². The van der Waals surface area contributed by atoms with Crippen LogP contribution in [0.2, 0.25) is 0 Å². The molecule has 0 bridgehead atoms. The maximum absolute atomic E-state index is 7.38. The van der Waals surface area contributed by atoms with Crippen molar-refractivity contribution in [1.82, 2.24) is 0 Å². The summed E-state index contributed by atoms with van der Waals surface area (Å²) in [6.45, 7) is 0.269. The van der Waals surface area contributed by atoms with E-state index in [0.717, 1.165) is 44.3 Å². The molecule has 1 saturated heterocycles. The highest BCUT2D eigenvalue weighted by atomic mass is 16.7. The van der Waals surface area contributed by atoms with Gasteiger partial charge in [-0.25, -0.2) is 0 Å². The van der Waals surface area contributed by atoms with Crippen LogP contribution in [0.3, 0.4) is 0 Å². The van der Waals surface area contributed by atoms with Crippen LogP contribution < -0.4 is 0 Å². The zero-order valence-electron chi connectivity index (χ0n) is 20.0. The summed E-state index contributed by atoms with van der Waals surface area (Å²) in [7, 11) is 0. The fraction of sp³-hybridized carbons (Fsp3) is 0.700. The van der Waals surface area contributed by atoms with Crippen LogP contribution in [0.15, 0.2) is 34.9 Å². The van der Waals surface area contributed by atoms with Gasteiger partial charge in [-0.2, -0.15) is 0 Å². The number of ether oxygens (including phenoxy) is 2. The van der Waals surface area contributed by atoms with Crippen molar-refractivity contribution in [1.29, 1.82) is 0 Å². The van der Waals surface area contributed by atoms with Crippen LogP contribution in [0.1, 0.15) is 80.7 Å². The van der Waals surface area contributed by atoms with Crippen molar-refractivity contribution < 1.29 is 17.7 Å². The fourth-order valence-corrected chi connectivity index (χ4v) is 2.33. The van der Waals surface area contributed by atoms with Crippen LogP contribution in [0.25, 0.3) is 0 Å². The van der Waals surface area contributed by atoms with Gasteiger partial charge in [-0.15, -0.1) is 0 Å². The van der Waals surface area contributed by atoms with Crippen molar-refractivity contribution in [3.05, 3.63) is 34.9 Å². The third kappa shape index (κ3) is 9.97. The Kier molecular flexibility index (Phi) is 6.18. The van der Waals surface area contributed by atoms with Crippen molar-refractivity contribution in [3.63, 3.8) is 0 Å². The quantitative estimate of drug-likeness (QED) is 0.490. The first-order valence-corrected chi connectivity index (χ1v) is 8.25. The zero-order chi connectivity index (χ0) is 21.2. The Morgan fingerprint density at radius 1 is 1.09 bits per heavy atom. The van der Waals surface area contributed by atoms with Crippen molar-refractivity contribution in [2.24, 2.45) is 0 Å². The van der Waals surface area contributed by atoms with Crippen LogP contribution in [0.5, 0.6) is 0 Å². The molecule has 1 unspecified atom stereocenters. The van der Waals surface area contributed by atoms with Crippen LogP contribution in [-0.2, 0) is 9.47 Å². The van der Waals surface area contributed by atoms with Gasteiger partial charge in [0.1, 0.15) is 0 Å². The van der Waals surface area contributed by atoms with E-state index in [-0.39, 0.29) is 6.29 Å². The molecule has 126 valence electrons. The average Bonchev–Trinajstić information content (AvgIpc) is 2.57. The minimum atomic E-state index is -2.57. The van der Waals surface area contributed by atoms with E-state index in [1.54, 1.807) is 0 Å². The molecule has 22 heavy (non-hydrogen) atoms. The first-order chi connectivity index (χ1) is 13.0. The fourth-order valence-electron chi connectivity index (χ4n) is 2.33. The predicted molar refractivity (Wildman–Crippen MR) is 95.0 cm³/mol. The molecule has 2 heteroatoms. The van der Waals surface area contributed by atoms with Crippen LogP contribution in [-0.4, -0.2) is 19.5 Å². The van der Waals surface area contributed by atoms with Gasteiger partial charge in [-0.1, -0.05) is 34.9 Å². The summed E-state index contributed by atoms with van der Waals surface area (Å²) >= 11 is 0. The lowest BCUT2D eigenvalue weighted by Gasteiger charge is -2.22. The van der Waals surface area contributed by atoms with E-state index >= 15 is 0 Å². The van der Waals surface area contributed by atoms with Gasteiger partial charge in [0.15, 0.2) is 6.29 Å². The molecule has 1 atom stereocenters. The molecule has 0 radical (unpaired) electrons. The second kappa shape index (κ2) is 11.7. The molecule has 1 aliphatic rings. The first-order valence-electron chi connectivity index (χ1n) is 11.3. The average molecular weight is 313 g/mol. The third-order valence-corrected chi connectivity index (χ3v) is 3.77. The molecule has 0 saturated carbocycles. The highest BCUT2D eigenvalue weighted by molar-refractivity contribution is 5.05. The van der Waals surface area contributed by atoms with E-state index in [9.17, 15) is 0 Å². The first kappa shape index (κ1) is 11.6. The molecule has 1 fully saturated rings. The van der Waals surface area contributed by atoms with Gasteiger partial charge in [-0.3, -0.25) is 0 Å². The summed E-state index contributed by atoms with van der Waals surface area (Å²) in [4.78, 5) is 0. The summed E-state index contributed by atoms with van der Waals surface area (Å²) in [5.41, 5.74) is 1.95. The second-order valence-corrected chi connectivity index (χ2v) is 5.93. The predicted octanol–water partition coefficient (Wildman–Crippen LogP) is 5.95. The molecule has 0 aromatic carbocycles. The van der Waals surface area contributed by atoms with Gasteiger partial charge in [-0.05, 0) is 72.5 Å². The number of hydrogen-bond donors (Lipinski definition) is 0. The third-order valence-electron chi connectivity index (χ3n) is 3.77. The monoisotopic (exact) mass is 312 g/mol. The highest BCUT2D eigenvalue weighted by Gasteiger charge is 2.12. The summed E-state index contributed by atoms with van der Waals surface area (Å²) < 4.78 is 55.5. The number of rotatable bonds is 9. The molecule has 0 aromatic heterocycles. The molecule has 0 aliphatic carbocycles. The normalized spacial score (nSPS) is 25.3. The van der Waals surface area contributed by atoms with Gasteiger partial charge >= 0.3 is 0 Å². The Bertz CT molecular complexity index is 536. The molecular formula is C20H34O2. The van der Waals surface area contributed by atoms with Crippen molar-refractivity contribution in [2.45, 2.75) is 78.8 Å². The lowest BCUT2D eigenvalue weighted by atomic mass is 10.1. The summed E-state index contributed by atoms with van der Waals surface area (Å²) in [5.74, 6) is 0. The molecule has 0 spiro atoms. The Hall–Kier alpha value is -0.860. The molecule has 0 N–H and O–H groups in total. The summed E-state index contributed by atoms with van der Waals surface area (Å²) in [6, 6.07) is 0. The molecule has 0 aromatic rings. The van der Waals surface area contributed by atoms with E-state index < -0.39 is 19.3 Å². The van der Waals surface area contributed by atoms with Crippen molar-refractivity contribution >= 4 is 0 Å². The molecule has 1 rings (SSSR count). The van der Waals surface area contributed by atoms with Crippen LogP contribution in [0.4, 0.5) is 0 Å². The lowest BCUT2D eigenvalue weighted by Crippen LogP contribution is -2.22.